The van der Waals surface area contributed by atoms with Crippen molar-refractivity contribution >= 4 is 29.9 Å². The molecule has 0 aliphatic carbocycles. The second kappa shape index (κ2) is 10.9. The number of rotatable bonds is 5. The van der Waals surface area contributed by atoms with E-state index < -0.39 is 0 Å². The number of nitrogens with one attached hydrogen (secondary N) is 1. The number of guanidine groups is 1. The molecule has 2 heterocycles. The quantitative estimate of drug-likeness (QED) is 0.403. The number of hydrogen-bond donors (Lipinski definition) is 1. The number of nitriles is 1. The van der Waals surface area contributed by atoms with E-state index in [1.165, 1.54) is 0 Å². The van der Waals surface area contributed by atoms with Gasteiger partial charge in [0.25, 0.3) is 0 Å². The zero-order valence-electron chi connectivity index (χ0n) is 15.5. The lowest BCUT2D eigenvalue weighted by molar-refractivity contribution is 0.169. The van der Waals surface area contributed by atoms with Gasteiger partial charge in [-0.1, -0.05) is 17.3 Å². The highest BCUT2D eigenvalue weighted by Crippen LogP contribution is 2.09. The lowest BCUT2D eigenvalue weighted by Gasteiger charge is -2.36. The molecule has 0 unspecified atom stereocenters. The number of benzene rings is 1. The molecular weight excluding hydrogens is 455 g/mol. The first-order chi connectivity index (χ1) is 12.8. The van der Waals surface area contributed by atoms with Gasteiger partial charge >= 0.3 is 0 Å². The Balaban J connectivity index is 0.00000261. The number of aliphatic imine (C=N–C) groups is 1. The van der Waals surface area contributed by atoms with Crippen molar-refractivity contribution in [2.45, 2.75) is 20.0 Å². The summed E-state index contributed by atoms with van der Waals surface area (Å²) in [5.41, 5.74) is 2.68. The SMILES string of the molecule is CCNC(=NCc1cccc(C#N)c1)N1CCN(Cc2ccon2)CC1.I. The van der Waals surface area contributed by atoms with E-state index in [4.69, 9.17) is 14.8 Å². The van der Waals surface area contributed by atoms with Gasteiger partial charge in [0.05, 0.1) is 23.9 Å². The van der Waals surface area contributed by atoms with Crippen LogP contribution in [0.2, 0.25) is 0 Å². The first-order valence-corrected chi connectivity index (χ1v) is 8.92. The Hall–Kier alpha value is -2.12. The van der Waals surface area contributed by atoms with Crippen molar-refractivity contribution in [1.29, 1.82) is 5.26 Å². The molecule has 0 atom stereocenters. The maximum atomic E-state index is 9.02. The van der Waals surface area contributed by atoms with Crippen molar-refractivity contribution in [1.82, 2.24) is 20.3 Å². The van der Waals surface area contributed by atoms with Crippen LogP contribution in [0.3, 0.4) is 0 Å². The van der Waals surface area contributed by atoms with Crippen LogP contribution in [0.25, 0.3) is 0 Å². The molecule has 8 heteroatoms. The number of halogens is 1. The second-order valence-electron chi connectivity index (χ2n) is 6.24. The summed E-state index contributed by atoms with van der Waals surface area (Å²) in [5.74, 6) is 0.927. The molecule has 0 radical (unpaired) electrons. The van der Waals surface area contributed by atoms with Crippen LogP contribution in [0.4, 0.5) is 0 Å². The Morgan fingerprint density at radius 1 is 1.30 bits per heavy atom. The zero-order valence-corrected chi connectivity index (χ0v) is 17.8. The zero-order chi connectivity index (χ0) is 18.2. The van der Waals surface area contributed by atoms with Gasteiger partial charge in [0, 0.05) is 45.3 Å². The van der Waals surface area contributed by atoms with E-state index in [-0.39, 0.29) is 24.0 Å². The van der Waals surface area contributed by atoms with E-state index >= 15 is 0 Å². The molecule has 0 amide bonds. The standard InChI is InChI=1S/C19H24N6O.HI/c1-2-21-19(22-14-17-5-3-4-16(12-17)13-20)25-9-7-24(8-10-25)15-18-6-11-26-23-18;/h3-6,11-12H,2,7-10,14-15H2,1H3,(H,21,22);1H. The number of hydrogen-bond acceptors (Lipinski definition) is 5. The molecular formula is C19H25IN6O. The first kappa shape index (κ1) is 21.2. The van der Waals surface area contributed by atoms with Gasteiger partial charge in [0.2, 0.25) is 0 Å². The molecule has 1 aliphatic heterocycles. The Morgan fingerprint density at radius 2 is 2.11 bits per heavy atom. The van der Waals surface area contributed by atoms with Crippen molar-refractivity contribution in [2.24, 2.45) is 4.99 Å². The third kappa shape index (κ3) is 6.22. The predicted molar refractivity (Wildman–Crippen MR) is 115 cm³/mol. The molecule has 1 N–H and O–H groups in total. The summed E-state index contributed by atoms with van der Waals surface area (Å²) >= 11 is 0. The van der Waals surface area contributed by atoms with Crippen LogP contribution in [0.1, 0.15) is 23.7 Å². The van der Waals surface area contributed by atoms with E-state index in [1.807, 2.05) is 30.3 Å². The van der Waals surface area contributed by atoms with Gasteiger partial charge in [0.15, 0.2) is 5.96 Å². The summed E-state index contributed by atoms with van der Waals surface area (Å²) in [6, 6.07) is 11.7. The molecule has 27 heavy (non-hydrogen) atoms. The summed E-state index contributed by atoms with van der Waals surface area (Å²) in [6.07, 6.45) is 1.61. The Labute approximate surface area is 177 Å². The molecule has 1 aliphatic rings. The van der Waals surface area contributed by atoms with Crippen molar-refractivity contribution in [2.75, 3.05) is 32.7 Å². The van der Waals surface area contributed by atoms with Crippen LogP contribution >= 0.6 is 24.0 Å². The molecule has 0 bridgehead atoms. The van der Waals surface area contributed by atoms with Crippen LogP contribution in [0.15, 0.2) is 46.1 Å². The fourth-order valence-electron chi connectivity index (χ4n) is 3.00. The third-order valence-electron chi connectivity index (χ3n) is 4.35. The van der Waals surface area contributed by atoms with Crippen molar-refractivity contribution in [3.05, 3.63) is 53.4 Å². The van der Waals surface area contributed by atoms with E-state index in [0.29, 0.717) is 12.1 Å². The fourth-order valence-corrected chi connectivity index (χ4v) is 3.00. The molecule has 0 saturated carbocycles. The van der Waals surface area contributed by atoms with Crippen LogP contribution in [0, 0.1) is 11.3 Å². The Kier molecular flexibility index (Phi) is 8.54. The highest BCUT2D eigenvalue weighted by atomic mass is 127. The van der Waals surface area contributed by atoms with Gasteiger partial charge in [-0.15, -0.1) is 24.0 Å². The largest absolute Gasteiger partial charge is 0.364 e. The average molecular weight is 480 g/mol. The molecule has 1 fully saturated rings. The lowest BCUT2D eigenvalue weighted by atomic mass is 10.1. The highest BCUT2D eigenvalue weighted by molar-refractivity contribution is 14.0. The second-order valence-corrected chi connectivity index (χ2v) is 6.24. The van der Waals surface area contributed by atoms with Gasteiger partial charge in [-0.25, -0.2) is 4.99 Å². The monoisotopic (exact) mass is 480 g/mol. The normalized spacial score (nSPS) is 15.1. The van der Waals surface area contributed by atoms with Gasteiger partial charge < -0.3 is 14.7 Å². The van der Waals surface area contributed by atoms with E-state index in [0.717, 1.165) is 56.5 Å². The summed E-state index contributed by atoms with van der Waals surface area (Å²) in [4.78, 5) is 9.42. The molecule has 7 nitrogen and oxygen atoms in total. The van der Waals surface area contributed by atoms with Crippen molar-refractivity contribution < 1.29 is 4.52 Å². The highest BCUT2D eigenvalue weighted by Gasteiger charge is 2.20. The smallest absolute Gasteiger partial charge is 0.194 e. The van der Waals surface area contributed by atoms with Gasteiger partial charge in [-0.05, 0) is 24.6 Å². The minimum Gasteiger partial charge on any atom is -0.364 e. The van der Waals surface area contributed by atoms with Gasteiger partial charge in [-0.2, -0.15) is 5.26 Å². The summed E-state index contributed by atoms with van der Waals surface area (Å²) < 4.78 is 4.90. The third-order valence-corrected chi connectivity index (χ3v) is 4.35. The molecule has 1 saturated heterocycles. The molecule has 1 aromatic carbocycles. The van der Waals surface area contributed by atoms with Crippen LogP contribution in [0.5, 0.6) is 0 Å². The molecule has 1 aromatic heterocycles. The Bertz CT molecular complexity index is 763. The topological polar surface area (TPSA) is 80.7 Å². The van der Waals surface area contributed by atoms with Crippen molar-refractivity contribution in [3.8, 4) is 6.07 Å². The number of nitrogens with zero attached hydrogens (tertiary/aromatic N) is 5. The number of aromatic nitrogens is 1. The first-order valence-electron chi connectivity index (χ1n) is 8.92. The average Bonchev–Trinajstić information content (AvgIpc) is 3.19. The molecule has 144 valence electrons. The Morgan fingerprint density at radius 3 is 2.78 bits per heavy atom. The minimum atomic E-state index is 0. The van der Waals surface area contributed by atoms with E-state index in [1.54, 1.807) is 6.26 Å². The van der Waals surface area contributed by atoms with Crippen LogP contribution in [-0.2, 0) is 13.1 Å². The fraction of sp³-hybridized carbons (Fsp3) is 0.421. The maximum absolute atomic E-state index is 9.02. The maximum Gasteiger partial charge on any atom is 0.194 e. The predicted octanol–water partition coefficient (Wildman–Crippen LogP) is 2.45. The summed E-state index contributed by atoms with van der Waals surface area (Å²) in [5, 5.41) is 16.4. The molecule has 3 rings (SSSR count). The lowest BCUT2D eigenvalue weighted by Crippen LogP contribution is -2.52. The van der Waals surface area contributed by atoms with Crippen LogP contribution < -0.4 is 5.32 Å². The van der Waals surface area contributed by atoms with E-state index in [2.05, 4.69) is 33.3 Å². The molecule has 2 aromatic rings. The molecule has 0 spiro atoms. The van der Waals surface area contributed by atoms with Gasteiger partial charge in [-0.3, -0.25) is 4.90 Å². The summed E-state index contributed by atoms with van der Waals surface area (Å²) in [6.45, 7) is 8.05. The summed E-state index contributed by atoms with van der Waals surface area (Å²) in [7, 11) is 0. The van der Waals surface area contributed by atoms with Gasteiger partial charge in [0.1, 0.15) is 6.26 Å². The van der Waals surface area contributed by atoms with E-state index in [9.17, 15) is 0 Å². The minimum absolute atomic E-state index is 0. The van der Waals surface area contributed by atoms with Crippen LogP contribution in [-0.4, -0.2) is 53.6 Å². The van der Waals surface area contributed by atoms with Crippen molar-refractivity contribution in [3.63, 3.8) is 0 Å². The number of piperazine rings is 1.